The molecule has 0 aromatic rings. The molecule has 1 atom stereocenters. The van der Waals surface area contributed by atoms with E-state index in [1.54, 1.807) is 7.11 Å². The smallest absolute Gasteiger partial charge is 0.129 e. The van der Waals surface area contributed by atoms with Gasteiger partial charge in [0.15, 0.2) is 0 Å². The Morgan fingerprint density at radius 2 is 2.50 bits per heavy atom. The van der Waals surface area contributed by atoms with Gasteiger partial charge in [-0.05, 0) is 7.05 Å². The summed E-state index contributed by atoms with van der Waals surface area (Å²) in [5.41, 5.74) is 0. The largest absolute Gasteiger partial charge is 0.367 e. The van der Waals surface area contributed by atoms with Gasteiger partial charge in [-0.15, -0.1) is 6.42 Å². The lowest BCUT2D eigenvalue weighted by molar-refractivity contribution is 0.149. The predicted octanol–water partition coefficient (Wildman–Crippen LogP) is -0.146. The van der Waals surface area contributed by atoms with Crippen LogP contribution in [0.5, 0.6) is 0 Å². The van der Waals surface area contributed by atoms with Crippen LogP contribution in [0, 0.1) is 12.3 Å². The van der Waals surface area contributed by atoms with Crippen molar-refractivity contribution in [1.82, 2.24) is 5.32 Å². The molecule has 0 saturated carbocycles. The van der Waals surface area contributed by atoms with Crippen LogP contribution in [-0.4, -0.2) is 26.8 Å². The van der Waals surface area contributed by atoms with E-state index in [0.717, 1.165) is 0 Å². The van der Waals surface area contributed by atoms with Crippen LogP contribution in [0.15, 0.2) is 0 Å². The van der Waals surface area contributed by atoms with Crippen molar-refractivity contribution in [2.45, 2.75) is 6.10 Å². The van der Waals surface area contributed by atoms with Crippen molar-refractivity contribution in [3.05, 3.63) is 0 Å². The van der Waals surface area contributed by atoms with E-state index in [-0.39, 0.29) is 6.10 Å². The van der Waals surface area contributed by atoms with Crippen LogP contribution in [0.4, 0.5) is 0 Å². The van der Waals surface area contributed by atoms with Gasteiger partial charge in [-0.3, -0.25) is 0 Å². The summed E-state index contributed by atoms with van der Waals surface area (Å²) in [5.74, 6) is 2.47. The number of terminal acetylenes is 1. The van der Waals surface area contributed by atoms with Crippen molar-refractivity contribution in [2.24, 2.45) is 0 Å². The van der Waals surface area contributed by atoms with E-state index in [1.165, 1.54) is 0 Å². The van der Waals surface area contributed by atoms with E-state index in [2.05, 4.69) is 11.2 Å². The maximum absolute atomic E-state index is 5.05. The van der Waals surface area contributed by atoms with Crippen molar-refractivity contribution in [2.75, 3.05) is 20.7 Å². The zero-order chi connectivity index (χ0) is 6.41. The second kappa shape index (κ2) is 4.63. The summed E-state index contributed by atoms with van der Waals surface area (Å²) in [7, 11) is 3.44. The van der Waals surface area contributed by atoms with Gasteiger partial charge in [0, 0.05) is 13.7 Å². The molecule has 0 aliphatic carbocycles. The van der Waals surface area contributed by atoms with Crippen LogP contribution >= 0.6 is 0 Å². The molecule has 0 rings (SSSR count). The second-order valence-corrected chi connectivity index (χ2v) is 1.45. The standard InChI is InChI=1S/C6H11NO/c1-4-6(8-3)5-7-2/h1,6-7H,5H2,2-3H3/t6-/m0/s1. The first kappa shape index (κ1) is 7.48. The number of ether oxygens (including phenoxy) is 1. The van der Waals surface area contributed by atoms with Crippen LogP contribution in [0.3, 0.4) is 0 Å². The molecule has 0 saturated heterocycles. The van der Waals surface area contributed by atoms with E-state index < -0.39 is 0 Å². The third-order valence-electron chi connectivity index (χ3n) is 0.860. The molecule has 0 radical (unpaired) electrons. The Balaban J connectivity index is 3.26. The van der Waals surface area contributed by atoms with Crippen LogP contribution in [0.2, 0.25) is 0 Å². The van der Waals surface area contributed by atoms with Gasteiger partial charge in [0.05, 0.1) is 0 Å². The normalized spacial score (nSPS) is 12.6. The molecule has 0 spiro atoms. The zero-order valence-corrected chi connectivity index (χ0v) is 5.27. The summed E-state index contributed by atoms with van der Waals surface area (Å²) in [4.78, 5) is 0. The first-order valence-corrected chi connectivity index (χ1v) is 2.48. The molecule has 0 aromatic carbocycles. The minimum Gasteiger partial charge on any atom is -0.367 e. The third-order valence-corrected chi connectivity index (χ3v) is 0.860. The Hall–Kier alpha value is -0.520. The summed E-state index contributed by atoms with van der Waals surface area (Å²) < 4.78 is 4.84. The molecule has 1 N–H and O–H groups in total. The molecule has 0 aliphatic heterocycles. The highest BCUT2D eigenvalue weighted by Gasteiger charge is 1.96. The Morgan fingerprint density at radius 3 is 2.62 bits per heavy atom. The first-order chi connectivity index (χ1) is 3.85. The highest BCUT2D eigenvalue weighted by Crippen LogP contribution is 1.81. The highest BCUT2D eigenvalue weighted by atomic mass is 16.5. The molecule has 0 amide bonds. The maximum Gasteiger partial charge on any atom is 0.129 e. The number of hydrogen-bond donors (Lipinski definition) is 1. The van der Waals surface area contributed by atoms with Crippen LogP contribution in [0.25, 0.3) is 0 Å². The fourth-order valence-corrected chi connectivity index (χ4v) is 0.396. The van der Waals surface area contributed by atoms with Crippen molar-refractivity contribution in [3.8, 4) is 12.3 Å². The lowest BCUT2D eigenvalue weighted by Gasteiger charge is -2.05. The van der Waals surface area contributed by atoms with Crippen molar-refractivity contribution < 1.29 is 4.74 Å². The highest BCUT2D eigenvalue weighted by molar-refractivity contribution is 4.95. The van der Waals surface area contributed by atoms with Gasteiger partial charge in [0.25, 0.3) is 0 Å². The van der Waals surface area contributed by atoms with Gasteiger partial charge in [-0.25, -0.2) is 0 Å². The van der Waals surface area contributed by atoms with Crippen LogP contribution in [-0.2, 0) is 4.74 Å². The summed E-state index contributed by atoms with van der Waals surface area (Å²) in [6.45, 7) is 0.715. The lowest BCUT2D eigenvalue weighted by Crippen LogP contribution is -2.23. The van der Waals surface area contributed by atoms with E-state index in [1.807, 2.05) is 7.05 Å². The van der Waals surface area contributed by atoms with Crippen LogP contribution < -0.4 is 5.32 Å². The van der Waals surface area contributed by atoms with Gasteiger partial charge in [0.2, 0.25) is 0 Å². The minimum absolute atomic E-state index is 0.0833. The topological polar surface area (TPSA) is 21.3 Å². The average Bonchev–Trinajstić information content (AvgIpc) is 1.83. The van der Waals surface area contributed by atoms with Crippen molar-refractivity contribution in [1.29, 1.82) is 0 Å². The molecule has 2 nitrogen and oxygen atoms in total. The molecule has 0 fully saturated rings. The SMILES string of the molecule is C#C[C@@H](CNC)OC. The second-order valence-electron chi connectivity index (χ2n) is 1.45. The van der Waals surface area contributed by atoms with Gasteiger partial charge in [0.1, 0.15) is 6.10 Å². The molecule has 46 valence electrons. The van der Waals surface area contributed by atoms with E-state index in [0.29, 0.717) is 6.54 Å². The van der Waals surface area contributed by atoms with Gasteiger partial charge < -0.3 is 10.1 Å². The monoisotopic (exact) mass is 113 g/mol. The summed E-state index contributed by atoms with van der Waals surface area (Å²) in [6.07, 6.45) is 4.97. The number of rotatable bonds is 3. The van der Waals surface area contributed by atoms with Crippen molar-refractivity contribution in [3.63, 3.8) is 0 Å². The number of methoxy groups -OCH3 is 1. The van der Waals surface area contributed by atoms with Gasteiger partial charge in [-0.1, -0.05) is 5.92 Å². The zero-order valence-electron chi connectivity index (χ0n) is 5.27. The Kier molecular flexibility index (Phi) is 4.33. The molecular formula is C6H11NO. The molecule has 0 heterocycles. The molecule has 0 bridgehead atoms. The molecule has 2 heteroatoms. The summed E-state index contributed by atoms with van der Waals surface area (Å²) in [5, 5.41) is 2.90. The van der Waals surface area contributed by atoms with E-state index in [9.17, 15) is 0 Å². The number of nitrogens with one attached hydrogen (secondary N) is 1. The molecule has 0 aliphatic rings. The molecule has 8 heavy (non-hydrogen) atoms. The maximum atomic E-state index is 5.05. The van der Waals surface area contributed by atoms with Crippen LogP contribution in [0.1, 0.15) is 0 Å². The quantitative estimate of drug-likeness (QED) is 0.514. The fraction of sp³-hybridized carbons (Fsp3) is 0.667. The van der Waals surface area contributed by atoms with Gasteiger partial charge in [-0.2, -0.15) is 0 Å². The fourth-order valence-electron chi connectivity index (χ4n) is 0.396. The molecule has 0 aromatic heterocycles. The van der Waals surface area contributed by atoms with Crippen molar-refractivity contribution >= 4 is 0 Å². The third kappa shape index (κ3) is 2.62. The first-order valence-electron chi connectivity index (χ1n) is 2.48. The molecular weight excluding hydrogens is 102 g/mol. The summed E-state index contributed by atoms with van der Waals surface area (Å²) >= 11 is 0. The van der Waals surface area contributed by atoms with Gasteiger partial charge >= 0.3 is 0 Å². The average molecular weight is 113 g/mol. The lowest BCUT2D eigenvalue weighted by atomic mass is 10.4. The Labute approximate surface area is 50.2 Å². The van der Waals surface area contributed by atoms with E-state index in [4.69, 9.17) is 11.2 Å². The molecule has 0 unspecified atom stereocenters. The summed E-state index contributed by atoms with van der Waals surface area (Å²) in [6, 6.07) is 0. The predicted molar refractivity (Wildman–Crippen MR) is 33.6 cm³/mol. The Bertz CT molecular complexity index is 85.0. The Morgan fingerprint density at radius 1 is 1.88 bits per heavy atom. The minimum atomic E-state index is -0.0833. The number of hydrogen-bond acceptors (Lipinski definition) is 2. The number of likely N-dealkylation sites (N-methyl/N-ethyl adjacent to an activating group) is 1. The van der Waals surface area contributed by atoms with E-state index >= 15 is 0 Å².